The molecule has 0 radical (unpaired) electrons. The van der Waals surface area contributed by atoms with Crippen molar-refractivity contribution in [3.05, 3.63) is 70.7 Å². The van der Waals surface area contributed by atoms with Crippen LogP contribution in [-0.4, -0.2) is 32.5 Å². The van der Waals surface area contributed by atoms with E-state index in [9.17, 15) is 18.1 Å². The maximum absolute atomic E-state index is 13.2. The van der Waals surface area contributed by atoms with Gasteiger partial charge in [-0.25, -0.2) is 8.78 Å². The molecule has 1 atom stereocenters. The van der Waals surface area contributed by atoms with Crippen LogP contribution in [-0.2, 0) is 16.3 Å². The van der Waals surface area contributed by atoms with Crippen molar-refractivity contribution in [1.82, 2.24) is 9.29 Å². The molecule has 1 amide bonds. The van der Waals surface area contributed by atoms with Crippen molar-refractivity contribution in [3.8, 4) is 0 Å². The minimum atomic E-state index is -1.87. The van der Waals surface area contributed by atoms with E-state index in [0.717, 1.165) is 16.6 Å². The van der Waals surface area contributed by atoms with Gasteiger partial charge in [0.05, 0.1) is 24.0 Å². The van der Waals surface area contributed by atoms with Crippen LogP contribution in [0.2, 0.25) is 5.02 Å². The summed E-state index contributed by atoms with van der Waals surface area (Å²) in [6, 6.07) is 6.26. The van der Waals surface area contributed by atoms with Gasteiger partial charge < -0.3 is 9.87 Å². The number of nitrogens with one attached hydrogen (secondary N) is 1. The van der Waals surface area contributed by atoms with Gasteiger partial charge in [0.15, 0.2) is 5.70 Å². The van der Waals surface area contributed by atoms with Gasteiger partial charge in [-0.2, -0.15) is 4.31 Å². The number of amides is 1. The standard InChI is InChI=1S/C16H11ClF2N4O2S/c1-23-15(16(24)21-10-3-4-12(19)11(17)6-10)7-14(22-26(23)25)13-5-2-9(18)8-20-13/h2-8H,1H3,(H,21,24). The molecule has 6 nitrogen and oxygen atoms in total. The van der Waals surface area contributed by atoms with E-state index in [0.29, 0.717) is 0 Å². The van der Waals surface area contributed by atoms with Crippen molar-refractivity contribution >= 4 is 40.5 Å². The lowest BCUT2D eigenvalue weighted by Crippen LogP contribution is -2.35. The lowest BCUT2D eigenvalue weighted by atomic mass is 10.2. The number of allylic oxidation sites excluding steroid dienone is 1. The number of benzene rings is 1. The fourth-order valence-electron chi connectivity index (χ4n) is 2.10. The summed E-state index contributed by atoms with van der Waals surface area (Å²) in [6.07, 6.45) is 2.37. The summed E-state index contributed by atoms with van der Waals surface area (Å²) in [6.45, 7) is 0. The van der Waals surface area contributed by atoms with E-state index in [-0.39, 0.29) is 27.8 Å². The van der Waals surface area contributed by atoms with Crippen molar-refractivity contribution in [1.29, 1.82) is 0 Å². The molecule has 0 saturated carbocycles. The van der Waals surface area contributed by atoms with Crippen LogP contribution in [0.3, 0.4) is 0 Å². The Morgan fingerprint density at radius 2 is 2.08 bits per heavy atom. The number of pyridine rings is 1. The second kappa shape index (κ2) is 7.40. The molecule has 0 saturated heterocycles. The average Bonchev–Trinajstić information content (AvgIpc) is 2.61. The third-order valence-electron chi connectivity index (χ3n) is 3.42. The van der Waals surface area contributed by atoms with Gasteiger partial charge in [0.1, 0.15) is 17.3 Å². The lowest BCUT2D eigenvalue weighted by Gasteiger charge is -2.23. The van der Waals surface area contributed by atoms with Gasteiger partial charge in [-0.1, -0.05) is 11.6 Å². The van der Waals surface area contributed by atoms with Crippen molar-refractivity contribution in [2.45, 2.75) is 0 Å². The Hall–Kier alpha value is -2.49. The van der Waals surface area contributed by atoms with E-state index in [1.165, 1.54) is 37.4 Å². The van der Waals surface area contributed by atoms with Crippen LogP contribution in [0.15, 0.2) is 52.7 Å². The highest BCUT2D eigenvalue weighted by Gasteiger charge is 2.30. The summed E-state index contributed by atoms with van der Waals surface area (Å²) in [4.78, 5) is 16.4. The van der Waals surface area contributed by atoms with Crippen LogP contribution >= 0.6 is 11.6 Å². The van der Waals surface area contributed by atoms with Gasteiger partial charge in [-0.05, 0) is 34.7 Å². The Morgan fingerprint density at radius 3 is 2.73 bits per heavy atom. The number of hydrogen-bond acceptors (Lipinski definition) is 5. The molecule has 1 aromatic heterocycles. The highest BCUT2D eigenvalue weighted by molar-refractivity contribution is 7.88. The number of carbonyl (C=O) groups excluding carboxylic acids is 1. The van der Waals surface area contributed by atoms with Crippen molar-refractivity contribution < 1.29 is 18.1 Å². The van der Waals surface area contributed by atoms with Gasteiger partial charge in [-0.3, -0.25) is 9.78 Å². The van der Waals surface area contributed by atoms with E-state index in [1.807, 2.05) is 0 Å². The van der Waals surface area contributed by atoms with Crippen LogP contribution in [0.1, 0.15) is 5.69 Å². The molecule has 0 fully saturated rings. The molecule has 26 heavy (non-hydrogen) atoms. The molecule has 1 aliphatic rings. The normalized spacial score (nSPS) is 16.8. The Labute approximate surface area is 155 Å². The molecular weight excluding hydrogens is 386 g/mol. The third kappa shape index (κ3) is 3.85. The molecule has 2 heterocycles. The van der Waals surface area contributed by atoms with Crippen LogP contribution in [0, 0.1) is 11.6 Å². The summed E-state index contributed by atoms with van der Waals surface area (Å²) in [5, 5.41) is 2.40. The zero-order chi connectivity index (χ0) is 18.8. The Bertz CT molecular complexity index is 921. The van der Waals surface area contributed by atoms with Gasteiger partial charge >= 0.3 is 0 Å². The van der Waals surface area contributed by atoms with E-state index in [1.54, 1.807) is 0 Å². The minimum absolute atomic E-state index is 0.0416. The first-order valence-electron chi connectivity index (χ1n) is 7.19. The fraction of sp³-hybridized carbons (Fsp3) is 0.0625. The number of halogens is 3. The number of anilines is 1. The predicted octanol–water partition coefficient (Wildman–Crippen LogP) is 2.85. The highest BCUT2D eigenvalue weighted by atomic mass is 35.5. The van der Waals surface area contributed by atoms with Gasteiger partial charge in [0.2, 0.25) is 11.5 Å². The molecule has 1 aromatic carbocycles. The summed E-state index contributed by atoms with van der Waals surface area (Å²) in [5.74, 6) is -1.74. The largest absolute Gasteiger partial charge is 0.566 e. The SMILES string of the molecule is CN1C(C(=O)Nc2ccc(F)c(Cl)c2)=CC(c2ccc(F)cn2)=N[S+]1[O-]. The van der Waals surface area contributed by atoms with Gasteiger partial charge in [0.25, 0.3) is 5.91 Å². The monoisotopic (exact) mass is 396 g/mol. The zero-order valence-electron chi connectivity index (χ0n) is 13.2. The number of nitrogens with zero attached hydrogens (tertiary/aromatic N) is 3. The number of carbonyl (C=O) groups is 1. The second-order valence-electron chi connectivity index (χ2n) is 5.18. The maximum Gasteiger partial charge on any atom is 0.276 e. The lowest BCUT2D eigenvalue weighted by molar-refractivity contribution is -0.113. The molecule has 1 unspecified atom stereocenters. The Balaban J connectivity index is 1.88. The predicted molar refractivity (Wildman–Crippen MR) is 94.8 cm³/mol. The summed E-state index contributed by atoms with van der Waals surface area (Å²) in [5.41, 5.74) is 0.747. The van der Waals surface area contributed by atoms with Crippen molar-refractivity contribution in [2.75, 3.05) is 12.4 Å². The summed E-state index contributed by atoms with van der Waals surface area (Å²) >= 11 is 3.83. The second-order valence-corrected chi connectivity index (χ2v) is 6.78. The number of hydrogen-bond donors (Lipinski definition) is 1. The quantitative estimate of drug-likeness (QED) is 0.809. The van der Waals surface area contributed by atoms with Gasteiger partial charge in [0, 0.05) is 11.8 Å². The third-order valence-corrected chi connectivity index (χ3v) is 4.73. The van der Waals surface area contributed by atoms with E-state index in [2.05, 4.69) is 14.7 Å². The smallest absolute Gasteiger partial charge is 0.276 e. The van der Waals surface area contributed by atoms with Crippen LogP contribution in [0.4, 0.5) is 14.5 Å². The fourth-order valence-corrected chi connectivity index (χ4v) is 3.02. The molecule has 0 aliphatic carbocycles. The van der Waals surface area contributed by atoms with Crippen LogP contribution in [0.5, 0.6) is 0 Å². The van der Waals surface area contributed by atoms with Gasteiger partial charge in [-0.15, -0.1) is 0 Å². The van der Waals surface area contributed by atoms with E-state index < -0.39 is 29.1 Å². The minimum Gasteiger partial charge on any atom is -0.566 e. The Morgan fingerprint density at radius 1 is 1.31 bits per heavy atom. The first-order chi connectivity index (χ1) is 12.3. The molecule has 2 aromatic rings. The molecule has 1 aliphatic heterocycles. The first-order valence-corrected chi connectivity index (χ1v) is 8.64. The van der Waals surface area contributed by atoms with E-state index >= 15 is 0 Å². The molecule has 0 spiro atoms. The molecule has 3 rings (SSSR count). The summed E-state index contributed by atoms with van der Waals surface area (Å²) < 4.78 is 43.5. The molecular formula is C16H11ClF2N4O2S. The molecule has 10 heteroatoms. The highest BCUT2D eigenvalue weighted by Crippen LogP contribution is 2.23. The average molecular weight is 397 g/mol. The Kier molecular flexibility index (Phi) is 5.21. The van der Waals surface area contributed by atoms with E-state index in [4.69, 9.17) is 11.6 Å². The number of rotatable bonds is 3. The summed E-state index contributed by atoms with van der Waals surface area (Å²) in [7, 11) is 1.43. The van der Waals surface area contributed by atoms with Crippen LogP contribution in [0.25, 0.3) is 0 Å². The molecule has 0 bridgehead atoms. The van der Waals surface area contributed by atoms with Crippen molar-refractivity contribution in [2.24, 2.45) is 4.40 Å². The molecule has 134 valence electrons. The zero-order valence-corrected chi connectivity index (χ0v) is 14.8. The van der Waals surface area contributed by atoms with Crippen molar-refractivity contribution in [3.63, 3.8) is 0 Å². The number of likely N-dealkylation sites (N-methyl/N-ethyl adjacent to an activating group) is 1. The maximum atomic E-state index is 13.2. The topological polar surface area (TPSA) is 80.7 Å². The first kappa shape index (κ1) is 18.3. The number of aromatic nitrogens is 1. The molecule has 1 N–H and O–H groups in total. The van der Waals surface area contributed by atoms with Crippen LogP contribution < -0.4 is 5.32 Å².